The van der Waals surface area contributed by atoms with Crippen LogP contribution in [0.3, 0.4) is 0 Å². The molecule has 1 saturated heterocycles. The molecule has 2 aromatic carbocycles. The molecule has 3 atom stereocenters. The molecule has 0 bridgehead atoms. The Labute approximate surface area is 229 Å². The van der Waals surface area contributed by atoms with Gasteiger partial charge in [0.25, 0.3) is 0 Å². The Balaban J connectivity index is 1.52. The molecule has 1 aliphatic heterocycles. The van der Waals surface area contributed by atoms with Crippen molar-refractivity contribution in [2.24, 2.45) is 0 Å². The van der Waals surface area contributed by atoms with E-state index >= 15 is 0 Å². The molecule has 4 rings (SSSR count). The lowest BCUT2D eigenvalue weighted by Crippen LogP contribution is -2.49. The zero-order valence-electron chi connectivity index (χ0n) is 20.6. The number of piperazine rings is 1. The molecule has 2 N–H and O–H groups in total. The minimum absolute atomic E-state index is 0.138. The first-order chi connectivity index (χ1) is 18.0. The number of anilines is 1. The van der Waals surface area contributed by atoms with E-state index in [0.717, 1.165) is 23.5 Å². The average molecular weight is 570 g/mol. The third kappa shape index (κ3) is 7.09. The van der Waals surface area contributed by atoms with Crippen molar-refractivity contribution in [1.82, 2.24) is 9.88 Å². The number of aliphatic hydroxyl groups excluding tert-OH is 2. The Morgan fingerprint density at radius 2 is 1.79 bits per heavy atom. The molecule has 0 spiro atoms. The summed E-state index contributed by atoms with van der Waals surface area (Å²) in [5.74, 6) is 0.551. The summed E-state index contributed by atoms with van der Waals surface area (Å²) in [5, 5.41) is 21.3. The monoisotopic (exact) mass is 569 g/mol. The van der Waals surface area contributed by atoms with Crippen LogP contribution in [0.1, 0.15) is 35.9 Å². The predicted octanol–water partition coefficient (Wildman–Crippen LogP) is 5.76. The number of ether oxygens (including phenoxy) is 1. The van der Waals surface area contributed by atoms with E-state index < -0.39 is 24.1 Å². The number of aliphatic hydroxyl groups is 2. The van der Waals surface area contributed by atoms with Crippen LogP contribution in [0.2, 0.25) is 10.0 Å². The molecule has 1 aliphatic rings. The SMILES string of the molecule is CC(O)COc1ccc(N2CCN(C[C@@H](O)c3ccc(C(F)(F)F)nc3)C[C@H]2c2ccc(Cl)cc2)c(Cl)c1. The standard InChI is InChI=1S/C27H28Cl2F3N3O3/c1-17(36)16-38-21-7-8-23(22(29)12-21)35-11-10-34(14-24(35)18-2-5-20(28)6-3-18)15-25(37)19-4-9-26(33-13-19)27(30,31)32/h2-9,12-13,17,24-25,36-37H,10-11,14-16H2,1H3/t17?,24-,25+/m0/s1. The molecule has 3 aromatic rings. The molecule has 0 aliphatic carbocycles. The highest BCUT2D eigenvalue weighted by Gasteiger charge is 2.33. The smallest absolute Gasteiger partial charge is 0.433 e. The number of halogens is 5. The summed E-state index contributed by atoms with van der Waals surface area (Å²) in [6.07, 6.45) is -5.07. The van der Waals surface area contributed by atoms with Crippen molar-refractivity contribution >= 4 is 28.9 Å². The van der Waals surface area contributed by atoms with Gasteiger partial charge in [0, 0.05) is 49.0 Å². The maximum Gasteiger partial charge on any atom is 0.433 e. The summed E-state index contributed by atoms with van der Waals surface area (Å²) < 4.78 is 44.1. The Morgan fingerprint density at radius 1 is 1.05 bits per heavy atom. The Kier molecular flexibility index (Phi) is 9.05. The molecule has 1 aromatic heterocycles. The topological polar surface area (TPSA) is 69.1 Å². The van der Waals surface area contributed by atoms with E-state index in [1.165, 1.54) is 6.07 Å². The number of pyridine rings is 1. The van der Waals surface area contributed by atoms with Gasteiger partial charge in [-0.15, -0.1) is 0 Å². The number of alkyl halides is 3. The molecule has 2 heterocycles. The van der Waals surface area contributed by atoms with Gasteiger partial charge in [-0.05, 0) is 42.8 Å². The minimum atomic E-state index is -4.53. The largest absolute Gasteiger partial charge is 0.491 e. The molecule has 1 fully saturated rings. The van der Waals surface area contributed by atoms with Crippen LogP contribution in [0.15, 0.2) is 60.8 Å². The summed E-state index contributed by atoms with van der Waals surface area (Å²) in [7, 11) is 0. The lowest BCUT2D eigenvalue weighted by atomic mass is 10.0. The summed E-state index contributed by atoms with van der Waals surface area (Å²) in [6.45, 7) is 3.72. The second-order valence-electron chi connectivity index (χ2n) is 9.28. The van der Waals surface area contributed by atoms with Crippen LogP contribution in [-0.2, 0) is 6.18 Å². The van der Waals surface area contributed by atoms with Crippen molar-refractivity contribution in [3.8, 4) is 5.75 Å². The fourth-order valence-electron chi connectivity index (χ4n) is 4.41. The Bertz CT molecular complexity index is 1210. The fraction of sp³-hybridized carbons (Fsp3) is 0.370. The first-order valence-electron chi connectivity index (χ1n) is 12.1. The van der Waals surface area contributed by atoms with Crippen molar-refractivity contribution in [3.63, 3.8) is 0 Å². The summed E-state index contributed by atoms with van der Waals surface area (Å²) in [5.41, 5.74) is 1.13. The van der Waals surface area contributed by atoms with Crippen LogP contribution < -0.4 is 9.64 Å². The first-order valence-corrected chi connectivity index (χ1v) is 12.8. The van der Waals surface area contributed by atoms with Gasteiger partial charge in [0.2, 0.25) is 0 Å². The van der Waals surface area contributed by atoms with Crippen LogP contribution in [0, 0.1) is 0 Å². The zero-order valence-corrected chi connectivity index (χ0v) is 22.1. The third-order valence-corrected chi connectivity index (χ3v) is 6.89. The molecule has 11 heteroatoms. The van der Waals surface area contributed by atoms with Crippen LogP contribution in [0.4, 0.5) is 18.9 Å². The van der Waals surface area contributed by atoms with Crippen LogP contribution >= 0.6 is 23.2 Å². The molecule has 204 valence electrons. The number of rotatable bonds is 8. The van der Waals surface area contributed by atoms with Gasteiger partial charge in [-0.1, -0.05) is 41.4 Å². The van der Waals surface area contributed by atoms with Gasteiger partial charge in [-0.2, -0.15) is 13.2 Å². The highest BCUT2D eigenvalue weighted by atomic mass is 35.5. The highest BCUT2D eigenvalue weighted by Crippen LogP contribution is 2.38. The number of nitrogens with zero attached hydrogens (tertiary/aromatic N) is 3. The number of hydrogen-bond acceptors (Lipinski definition) is 6. The van der Waals surface area contributed by atoms with Gasteiger partial charge in [0.05, 0.1) is 29.0 Å². The molecule has 0 saturated carbocycles. The molecule has 38 heavy (non-hydrogen) atoms. The van der Waals surface area contributed by atoms with E-state index in [-0.39, 0.29) is 19.2 Å². The predicted molar refractivity (Wildman–Crippen MR) is 141 cm³/mol. The van der Waals surface area contributed by atoms with E-state index in [2.05, 4.69) is 14.8 Å². The van der Waals surface area contributed by atoms with Crippen LogP contribution in [0.5, 0.6) is 5.75 Å². The van der Waals surface area contributed by atoms with Gasteiger partial charge in [0.1, 0.15) is 18.1 Å². The second-order valence-corrected chi connectivity index (χ2v) is 10.1. The Hall–Kier alpha value is -2.56. The van der Waals surface area contributed by atoms with E-state index in [1.807, 2.05) is 30.3 Å². The van der Waals surface area contributed by atoms with E-state index in [1.54, 1.807) is 19.1 Å². The third-order valence-electron chi connectivity index (χ3n) is 6.33. The van der Waals surface area contributed by atoms with Gasteiger partial charge < -0.3 is 19.8 Å². The van der Waals surface area contributed by atoms with Gasteiger partial charge in [-0.3, -0.25) is 9.88 Å². The Morgan fingerprint density at radius 3 is 2.39 bits per heavy atom. The number of β-amino-alcohol motifs (C(OH)–C–C–N with tert-alkyl or cyclic N) is 1. The maximum atomic E-state index is 12.8. The molecule has 1 unspecified atom stereocenters. The highest BCUT2D eigenvalue weighted by molar-refractivity contribution is 6.33. The van der Waals surface area contributed by atoms with E-state index in [4.69, 9.17) is 27.9 Å². The number of benzene rings is 2. The van der Waals surface area contributed by atoms with Crippen LogP contribution in [-0.4, -0.2) is 59.0 Å². The number of hydrogen-bond donors (Lipinski definition) is 2. The molecule has 6 nitrogen and oxygen atoms in total. The first kappa shape index (κ1) is 28.4. The summed E-state index contributed by atoms with van der Waals surface area (Å²) in [4.78, 5) is 7.70. The maximum absolute atomic E-state index is 12.8. The second kappa shape index (κ2) is 12.1. The molecular weight excluding hydrogens is 542 g/mol. The minimum Gasteiger partial charge on any atom is -0.491 e. The summed E-state index contributed by atoms with van der Waals surface area (Å²) in [6, 6.07) is 14.9. The lowest BCUT2D eigenvalue weighted by molar-refractivity contribution is -0.141. The fourth-order valence-corrected chi connectivity index (χ4v) is 4.82. The molecule has 0 radical (unpaired) electrons. The zero-order chi connectivity index (χ0) is 27.4. The van der Waals surface area contributed by atoms with E-state index in [9.17, 15) is 23.4 Å². The number of aromatic nitrogens is 1. The van der Waals surface area contributed by atoms with Gasteiger partial charge in [-0.25, -0.2) is 0 Å². The lowest BCUT2D eigenvalue weighted by Gasteiger charge is -2.44. The van der Waals surface area contributed by atoms with Crippen molar-refractivity contribution in [3.05, 3.63) is 87.7 Å². The van der Waals surface area contributed by atoms with Crippen molar-refractivity contribution in [2.45, 2.75) is 31.3 Å². The van der Waals surface area contributed by atoms with E-state index in [0.29, 0.717) is 41.0 Å². The molecule has 0 amide bonds. The molecular formula is C27H28Cl2F3N3O3. The summed E-state index contributed by atoms with van der Waals surface area (Å²) >= 11 is 12.8. The quantitative estimate of drug-likeness (QED) is 0.359. The van der Waals surface area contributed by atoms with Gasteiger partial charge in [0.15, 0.2) is 0 Å². The van der Waals surface area contributed by atoms with Crippen molar-refractivity contribution in [1.29, 1.82) is 0 Å². The normalized spacial score (nSPS) is 18.3. The average Bonchev–Trinajstić information content (AvgIpc) is 2.88. The van der Waals surface area contributed by atoms with Gasteiger partial charge >= 0.3 is 6.18 Å². The van der Waals surface area contributed by atoms with Crippen molar-refractivity contribution < 1.29 is 28.1 Å². The van der Waals surface area contributed by atoms with Crippen LogP contribution in [0.25, 0.3) is 0 Å². The van der Waals surface area contributed by atoms with Crippen molar-refractivity contribution in [2.75, 3.05) is 37.7 Å².